The van der Waals surface area contributed by atoms with Crippen LogP contribution in [0.25, 0.3) is 0 Å². The SMILES string of the molecule is CN(C)CC(=O)c1ccc(F)cc1C(F)(F)F. The van der Waals surface area contributed by atoms with Crippen molar-refractivity contribution in [2.24, 2.45) is 0 Å². The summed E-state index contributed by atoms with van der Waals surface area (Å²) in [5.74, 6) is -1.71. The van der Waals surface area contributed by atoms with Crippen LogP contribution in [0, 0.1) is 5.82 Å². The van der Waals surface area contributed by atoms with Crippen LogP contribution in [0.2, 0.25) is 0 Å². The zero-order chi connectivity index (χ0) is 13.2. The van der Waals surface area contributed by atoms with Crippen LogP contribution in [-0.2, 0) is 6.18 Å². The molecule has 0 N–H and O–H groups in total. The summed E-state index contributed by atoms with van der Waals surface area (Å²) in [6.45, 7) is -0.158. The maximum Gasteiger partial charge on any atom is 0.417 e. The number of likely N-dealkylation sites (N-methyl/N-ethyl adjacent to an activating group) is 1. The summed E-state index contributed by atoms with van der Waals surface area (Å²) in [4.78, 5) is 13.0. The monoisotopic (exact) mass is 249 g/mol. The smallest absolute Gasteiger partial charge is 0.302 e. The van der Waals surface area contributed by atoms with Crippen molar-refractivity contribution in [1.29, 1.82) is 0 Å². The molecule has 1 aromatic rings. The van der Waals surface area contributed by atoms with Gasteiger partial charge in [-0.2, -0.15) is 13.2 Å². The summed E-state index contributed by atoms with van der Waals surface area (Å²) in [5.41, 5.74) is -1.74. The number of ketones is 1. The van der Waals surface area contributed by atoms with Crippen molar-refractivity contribution in [3.63, 3.8) is 0 Å². The zero-order valence-electron chi connectivity index (χ0n) is 9.31. The van der Waals surface area contributed by atoms with E-state index in [2.05, 4.69) is 0 Å². The minimum absolute atomic E-state index is 0.158. The van der Waals surface area contributed by atoms with E-state index in [4.69, 9.17) is 0 Å². The number of benzene rings is 1. The standard InChI is InChI=1S/C11H11F4NO/c1-16(2)6-10(17)8-4-3-7(12)5-9(8)11(13,14)15/h3-5H,6H2,1-2H3. The summed E-state index contributed by atoms with van der Waals surface area (Å²) in [5, 5.41) is 0. The molecule has 94 valence electrons. The van der Waals surface area contributed by atoms with Crippen molar-refractivity contribution in [1.82, 2.24) is 4.90 Å². The summed E-state index contributed by atoms with van der Waals surface area (Å²) in [7, 11) is 3.13. The molecule has 6 heteroatoms. The van der Waals surface area contributed by atoms with Gasteiger partial charge < -0.3 is 4.90 Å². The molecule has 0 amide bonds. The van der Waals surface area contributed by atoms with E-state index >= 15 is 0 Å². The van der Waals surface area contributed by atoms with Crippen molar-refractivity contribution < 1.29 is 22.4 Å². The average molecular weight is 249 g/mol. The molecular weight excluding hydrogens is 238 g/mol. The molecular formula is C11H11F4NO. The van der Waals surface area contributed by atoms with Crippen LogP contribution in [-0.4, -0.2) is 31.3 Å². The summed E-state index contributed by atoms with van der Waals surface area (Å²) >= 11 is 0. The molecule has 2 nitrogen and oxygen atoms in total. The molecule has 1 aromatic carbocycles. The molecule has 0 spiro atoms. The van der Waals surface area contributed by atoms with Gasteiger partial charge in [-0.05, 0) is 32.3 Å². The third-order valence-electron chi connectivity index (χ3n) is 2.05. The molecule has 0 saturated heterocycles. The van der Waals surface area contributed by atoms with Gasteiger partial charge in [0.1, 0.15) is 5.82 Å². The Morgan fingerprint density at radius 2 is 1.88 bits per heavy atom. The topological polar surface area (TPSA) is 20.3 Å². The lowest BCUT2D eigenvalue weighted by Gasteiger charge is -2.14. The average Bonchev–Trinajstić information content (AvgIpc) is 2.14. The number of nitrogens with zero attached hydrogens (tertiary/aromatic N) is 1. The normalized spacial score (nSPS) is 11.9. The molecule has 0 aliphatic rings. The Morgan fingerprint density at radius 1 is 1.29 bits per heavy atom. The van der Waals surface area contributed by atoms with E-state index < -0.39 is 28.9 Å². The molecule has 0 fully saturated rings. The van der Waals surface area contributed by atoms with Crippen LogP contribution in [0.4, 0.5) is 17.6 Å². The van der Waals surface area contributed by atoms with Gasteiger partial charge in [0, 0.05) is 5.56 Å². The third kappa shape index (κ3) is 3.52. The second-order valence-electron chi connectivity index (χ2n) is 3.85. The second-order valence-corrected chi connectivity index (χ2v) is 3.85. The molecule has 0 aliphatic heterocycles. The molecule has 0 radical (unpaired) electrons. The number of hydrogen-bond acceptors (Lipinski definition) is 2. The highest BCUT2D eigenvalue weighted by atomic mass is 19.4. The fourth-order valence-electron chi connectivity index (χ4n) is 1.37. The first-order valence-corrected chi connectivity index (χ1v) is 4.76. The molecule has 1 rings (SSSR count). The van der Waals surface area contributed by atoms with Crippen LogP contribution < -0.4 is 0 Å². The van der Waals surface area contributed by atoms with Crippen LogP contribution in [0.5, 0.6) is 0 Å². The molecule has 0 unspecified atom stereocenters. The Morgan fingerprint density at radius 3 is 2.35 bits per heavy atom. The van der Waals surface area contributed by atoms with E-state index in [0.29, 0.717) is 6.07 Å². The largest absolute Gasteiger partial charge is 0.417 e. The van der Waals surface area contributed by atoms with Gasteiger partial charge in [-0.15, -0.1) is 0 Å². The van der Waals surface area contributed by atoms with E-state index in [9.17, 15) is 22.4 Å². The first kappa shape index (κ1) is 13.6. The predicted molar refractivity (Wildman–Crippen MR) is 54.3 cm³/mol. The van der Waals surface area contributed by atoms with E-state index in [1.807, 2.05) is 0 Å². The first-order valence-electron chi connectivity index (χ1n) is 4.76. The fourth-order valence-corrected chi connectivity index (χ4v) is 1.37. The third-order valence-corrected chi connectivity index (χ3v) is 2.05. The minimum Gasteiger partial charge on any atom is -0.302 e. The van der Waals surface area contributed by atoms with Crippen molar-refractivity contribution in [2.45, 2.75) is 6.18 Å². The fraction of sp³-hybridized carbons (Fsp3) is 0.364. The lowest BCUT2D eigenvalue weighted by Crippen LogP contribution is -2.24. The van der Waals surface area contributed by atoms with Crippen molar-refractivity contribution in [3.8, 4) is 0 Å². The van der Waals surface area contributed by atoms with E-state index in [1.165, 1.54) is 4.90 Å². The number of carbonyl (C=O) groups excluding carboxylic acids is 1. The number of alkyl halides is 3. The molecule has 0 bridgehead atoms. The van der Waals surface area contributed by atoms with Gasteiger partial charge in [-0.3, -0.25) is 4.79 Å². The van der Waals surface area contributed by atoms with Gasteiger partial charge in [0.25, 0.3) is 0 Å². The van der Waals surface area contributed by atoms with Gasteiger partial charge >= 0.3 is 6.18 Å². The quantitative estimate of drug-likeness (QED) is 0.606. The summed E-state index contributed by atoms with van der Waals surface area (Å²) < 4.78 is 50.6. The lowest BCUT2D eigenvalue weighted by molar-refractivity contribution is -0.138. The van der Waals surface area contributed by atoms with E-state index in [0.717, 1.165) is 12.1 Å². The van der Waals surface area contributed by atoms with Crippen molar-refractivity contribution in [3.05, 3.63) is 35.1 Å². The maximum absolute atomic E-state index is 12.8. The predicted octanol–water partition coefficient (Wildman–Crippen LogP) is 2.59. The molecule has 0 aromatic heterocycles. The van der Waals surface area contributed by atoms with Gasteiger partial charge in [0.05, 0.1) is 12.1 Å². The van der Waals surface area contributed by atoms with Crippen LogP contribution in [0.1, 0.15) is 15.9 Å². The minimum atomic E-state index is -4.74. The molecule has 0 aliphatic carbocycles. The maximum atomic E-state index is 12.8. The van der Waals surface area contributed by atoms with E-state index in [-0.39, 0.29) is 6.54 Å². The Kier molecular flexibility index (Phi) is 3.87. The first-order chi connectivity index (χ1) is 7.71. The van der Waals surface area contributed by atoms with E-state index in [1.54, 1.807) is 14.1 Å². The number of Topliss-reactive ketones (excluding diaryl/α,β-unsaturated/α-hetero) is 1. The molecule has 0 atom stereocenters. The Balaban J connectivity index is 3.20. The van der Waals surface area contributed by atoms with Crippen molar-refractivity contribution >= 4 is 5.78 Å². The Hall–Kier alpha value is -1.43. The molecule has 0 heterocycles. The number of halogens is 4. The van der Waals surface area contributed by atoms with Gasteiger partial charge in [-0.1, -0.05) is 0 Å². The highest BCUT2D eigenvalue weighted by molar-refractivity contribution is 5.99. The molecule has 0 saturated carbocycles. The van der Waals surface area contributed by atoms with Gasteiger partial charge in [-0.25, -0.2) is 4.39 Å². The lowest BCUT2D eigenvalue weighted by atomic mass is 10.0. The highest BCUT2D eigenvalue weighted by Gasteiger charge is 2.35. The number of hydrogen-bond donors (Lipinski definition) is 0. The molecule has 17 heavy (non-hydrogen) atoms. The number of rotatable bonds is 3. The van der Waals surface area contributed by atoms with Gasteiger partial charge in [0.2, 0.25) is 0 Å². The highest BCUT2D eigenvalue weighted by Crippen LogP contribution is 2.32. The van der Waals surface area contributed by atoms with Crippen LogP contribution >= 0.6 is 0 Å². The van der Waals surface area contributed by atoms with Crippen LogP contribution in [0.3, 0.4) is 0 Å². The Labute approximate surface area is 95.8 Å². The van der Waals surface area contributed by atoms with Crippen LogP contribution in [0.15, 0.2) is 18.2 Å². The number of carbonyl (C=O) groups is 1. The second kappa shape index (κ2) is 4.83. The van der Waals surface area contributed by atoms with Crippen molar-refractivity contribution in [2.75, 3.05) is 20.6 Å². The zero-order valence-corrected chi connectivity index (χ0v) is 9.31. The van der Waals surface area contributed by atoms with Gasteiger partial charge in [0.15, 0.2) is 5.78 Å². The summed E-state index contributed by atoms with van der Waals surface area (Å²) in [6.07, 6.45) is -4.74. The summed E-state index contributed by atoms with van der Waals surface area (Å²) in [6, 6.07) is 2.05. The Bertz CT molecular complexity index is 426.